The summed E-state index contributed by atoms with van der Waals surface area (Å²) < 4.78 is 5.48. The Kier molecular flexibility index (Phi) is 6.36. The number of amides is 1. The van der Waals surface area contributed by atoms with E-state index in [0.717, 1.165) is 43.7 Å². The second-order valence-corrected chi connectivity index (χ2v) is 7.31. The molecule has 2 unspecified atom stereocenters. The number of hydrogen-bond donors (Lipinski definition) is 4. The standard InChI is InChI=1S/C16H32N7O2/c1-21(2)14(24)12-6-8-22(9-7-12)16(19)20-23(15(17)18)10-4-5-13(11-23)25-3/h12-13H,4-11H2,1-3H3,(H3,17,18)(H2,19,20)/q+1/p+1. The molecule has 0 aliphatic carbocycles. The molecular formula is C16H33N7O2+2. The maximum Gasteiger partial charge on any atom is 0.346 e. The molecule has 9 nitrogen and oxygen atoms in total. The third-order valence-electron chi connectivity index (χ3n) is 5.38. The van der Waals surface area contributed by atoms with Gasteiger partial charge in [-0.25, -0.2) is 5.41 Å². The Morgan fingerprint density at radius 3 is 2.44 bits per heavy atom. The zero-order chi connectivity index (χ0) is 18.6. The monoisotopic (exact) mass is 355 g/mol. The molecular weight excluding hydrogens is 322 g/mol. The van der Waals surface area contributed by atoms with E-state index in [9.17, 15) is 4.79 Å². The molecule has 2 rings (SSSR count). The highest BCUT2D eigenvalue weighted by atomic mass is 16.5. The van der Waals surface area contributed by atoms with E-state index < -0.39 is 0 Å². The molecule has 1 amide bonds. The summed E-state index contributed by atoms with van der Waals surface area (Å²) in [5, 5.41) is 12.7. The van der Waals surface area contributed by atoms with Gasteiger partial charge < -0.3 is 21.1 Å². The summed E-state index contributed by atoms with van der Waals surface area (Å²) in [6.45, 7) is 2.75. The Balaban J connectivity index is 2.06. The van der Waals surface area contributed by atoms with Crippen LogP contribution in [0.2, 0.25) is 0 Å². The number of carbonyl (C=O) groups is 1. The first kappa shape index (κ1) is 19.6. The van der Waals surface area contributed by atoms with Gasteiger partial charge in [0.2, 0.25) is 5.91 Å². The number of quaternary nitrogens is 2. The van der Waals surface area contributed by atoms with Crippen LogP contribution in [0.5, 0.6) is 0 Å². The van der Waals surface area contributed by atoms with Gasteiger partial charge in [0, 0.05) is 51.5 Å². The fraction of sp³-hybridized carbons (Fsp3) is 0.812. The largest absolute Gasteiger partial charge is 0.375 e. The second kappa shape index (κ2) is 8.11. The van der Waals surface area contributed by atoms with Gasteiger partial charge in [0.1, 0.15) is 19.2 Å². The minimum Gasteiger partial charge on any atom is -0.375 e. The summed E-state index contributed by atoms with van der Waals surface area (Å²) in [5.41, 5.74) is 12.1. The van der Waals surface area contributed by atoms with Crippen LogP contribution in [-0.4, -0.2) is 80.8 Å². The number of hydrogen-bond acceptors (Lipinski definition) is 4. The Morgan fingerprint density at radius 1 is 1.28 bits per heavy atom. The van der Waals surface area contributed by atoms with Crippen LogP contribution in [0, 0.1) is 11.3 Å². The van der Waals surface area contributed by atoms with Crippen LogP contribution >= 0.6 is 0 Å². The highest BCUT2D eigenvalue weighted by Gasteiger charge is 2.42. The van der Waals surface area contributed by atoms with Crippen LogP contribution in [-0.2, 0) is 9.53 Å². The van der Waals surface area contributed by atoms with Crippen molar-refractivity contribution in [3.05, 3.63) is 0 Å². The molecule has 2 aliphatic heterocycles. The molecule has 0 spiro atoms. The summed E-state index contributed by atoms with van der Waals surface area (Å²) in [7, 11) is 5.26. The van der Waals surface area contributed by atoms with Gasteiger partial charge in [-0.05, 0) is 6.42 Å². The Labute approximate surface area is 149 Å². The van der Waals surface area contributed by atoms with Crippen LogP contribution in [0.15, 0.2) is 5.10 Å². The maximum atomic E-state index is 12.1. The number of nitrogens with one attached hydrogen (secondary N) is 2. The summed E-state index contributed by atoms with van der Waals surface area (Å²) in [6.07, 6.45) is 3.47. The number of piperidine rings is 2. The number of rotatable bonds is 3. The van der Waals surface area contributed by atoms with Crippen molar-refractivity contribution in [3.8, 4) is 0 Å². The van der Waals surface area contributed by atoms with E-state index in [1.54, 1.807) is 26.1 Å². The van der Waals surface area contributed by atoms with Gasteiger partial charge in [-0.1, -0.05) is 0 Å². The molecule has 2 heterocycles. The van der Waals surface area contributed by atoms with Gasteiger partial charge in [0.15, 0.2) is 0 Å². The van der Waals surface area contributed by atoms with Gasteiger partial charge in [0.05, 0.1) is 13.1 Å². The Bertz CT molecular complexity index is 529. The fourth-order valence-corrected chi connectivity index (χ4v) is 3.77. The summed E-state index contributed by atoms with van der Waals surface area (Å²) in [6, 6.07) is 0. The number of likely N-dealkylation sites (tertiary alicyclic amines) is 2. The first-order chi connectivity index (χ1) is 11.8. The minimum atomic E-state index is 0.00164. The molecule has 2 saturated heterocycles. The van der Waals surface area contributed by atoms with E-state index in [0.29, 0.717) is 19.0 Å². The quantitative estimate of drug-likeness (QED) is 0.269. The summed E-state index contributed by atoms with van der Waals surface area (Å²) >= 11 is 0. The summed E-state index contributed by atoms with van der Waals surface area (Å²) in [5.74, 6) is 0.723. The maximum absolute atomic E-state index is 12.1. The van der Waals surface area contributed by atoms with E-state index in [1.165, 1.54) is 0 Å². The molecule has 6 N–H and O–H groups in total. The van der Waals surface area contributed by atoms with Gasteiger partial charge in [-0.15, -0.1) is 4.59 Å². The zero-order valence-electron chi connectivity index (χ0n) is 15.6. The van der Waals surface area contributed by atoms with E-state index >= 15 is 0 Å². The van der Waals surface area contributed by atoms with E-state index in [-0.39, 0.29) is 28.5 Å². The molecule has 2 aliphatic rings. The average Bonchev–Trinajstić information content (AvgIpc) is 2.61. The highest BCUT2D eigenvalue weighted by Crippen LogP contribution is 2.21. The molecule has 0 radical (unpaired) electrons. The predicted molar refractivity (Wildman–Crippen MR) is 95.7 cm³/mol. The van der Waals surface area contributed by atoms with Crippen LogP contribution in [0.4, 0.5) is 0 Å². The summed E-state index contributed by atoms with van der Waals surface area (Å²) in [4.78, 5) is 14.8. The molecule has 9 heteroatoms. The third kappa shape index (κ3) is 4.47. The first-order valence-corrected chi connectivity index (χ1v) is 8.95. The van der Waals surface area contributed by atoms with Crippen molar-refractivity contribution >= 4 is 17.8 Å². The Morgan fingerprint density at radius 2 is 1.92 bits per heavy atom. The van der Waals surface area contributed by atoms with E-state index in [4.69, 9.17) is 21.6 Å². The topological polar surface area (TPSA) is 122 Å². The average molecular weight is 355 g/mol. The number of nitrogens with two attached hydrogens (primary N) is 2. The lowest BCUT2D eigenvalue weighted by Crippen LogP contribution is -3.17. The lowest BCUT2D eigenvalue weighted by molar-refractivity contribution is -0.874. The number of methoxy groups -OCH3 is 1. The molecule has 0 aromatic carbocycles. The van der Waals surface area contributed by atoms with Crippen LogP contribution in [0.1, 0.15) is 25.7 Å². The van der Waals surface area contributed by atoms with Crippen LogP contribution in [0.25, 0.3) is 0 Å². The molecule has 0 bridgehead atoms. The predicted octanol–water partition coefficient (Wildman–Crippen LogP) is -1.88. The minimum absolute atomic E-state index is 0.00164. The number of nitrogens with zero attached hydrogens (tertiary/aromatic N) is 3. The Hall–Kier alpha value is -1.71. The third-order valence-corrected chi connectivity index (χ3v) is 5.38. The van der Waals surface area contributed by atoms with Gasteiger partial charge in [0.25, 0.3) is 0 Å². The van der Waals surface area contributed by atoms with Crippen molar-refractivity contribution in [2.24, 2.45) is 22.5 Å². The lowest BCUT2D eigenvalue weighted by atomic mass is 9.96. The van der Waals surface area contributed by atoms with Crippen molar-refractivity contribution in [3.63, 3.8) is 0 Å². The van der Waals surface area contributed by atoms with Crippen LogP contribution < -0.4 is 16.4 Å². The van der Waals surface area contributed by atoms with E-state index in [1.807, 2.05) is 0 Å². The molecule has 0 aromatic rings. The fourth-order valence-electron chi connectivity index (χ4n) is 3.77. The first-order valence-electron chi connectivity index (χ1n) is 8.95. The van der Waals surface area contributed by atoms with Gasteiger partial charge in [-0.3, -0.25) is 9.69 Å². The molecule has 0 saturated carbocycles. The lowest BCUT2D eigenvalue weighted by Gasteiger charge is -2.36. The van der Waals surface area contributed by atoms with Crippen LogP contribution in [0.3, 0.4) is 0 Å². The van der Waals surface area contributed by atoms with Gasteiger partial charge in [-0.2, -0.15) is 0 Å². The van der Waals surface area contributed by atoms with E-state index in [2.05, 4.69) is 5.10 Å². The molecule has 2 atom stereocenters. The SMILES string of the molecule is COC1CCC[N+](N=C(N)[NH+]2CCC(C(=O)N(C)C)CC2)(C(=N)N)C1. The number of carbonyl (C=O) groups excluding carboxylic acids is 1. The molecule has 25 heavy (non-hydrogen) atoms. The van der Waals surface area contributed by atoms with Crippen molar-refractivity contribution in [1.29, 1.82) is 5.41 Å². The zero-order valence-corrected chi connectivity index (χ0v) is 15.6. The second-order valence-electron chi connectivity index (χ2n) is 7.31. The highest BCUT2D eigenvalue weighted by molar-refractivity contribution is 5.78. The number of guanidine groups is 2. The molecule has 0 aromatic heterocycles. The molecule has 142 valence electrons. The van der Waals surface area contributed by atoms with Crippen molar-refractivity contribution in [2.75, 3.05) is 47.4 Å². The normalized spacial score (nSPS) is 33.7. The molecule has 2 fully saturated rings. The van der Waals surface area contributed by atoms with Gasteiger partial charge >= 0.3 is 11.9 Å². The van der Waals surface area contributed by atoms with Crippen molar-refractivity contribution in [2.45, 2.75) is 31.8 Å². The van der Waals surface area contributed by atoms with Crippen molar-refractivity contribution < 1.29 is 19.0 Å². The van der Waals surface area contributed by atoms with Crippen molar-refractivity contribution in [1.82, 2.24) is 4.90 Å². The smallest absolute Gasteiger partial charge is 0.346 e. The number of ether oxygens (including phenoxy) is 1.